The van der Waals surface area contributed by atoms with Gasteiger partial charge in [-0.25, -0.2) is 4.68 Å². The molecule has 3 N–H and O–H groups in total. The third-order valence-electron chi connectivity index (χ3n) is 4.11. The van der Waals surface area contributed by atoms with E-state index in [1.807, 2.05) is 20.0 Å². The van der Waals surface area contributed by atoms with Crippen LogP contribution in [0.15, 0.2) is 6.20 Å². The molecule has 0 radical (unpaired) electrons. The highest BCUT2D eigenvalue weighted by molar-refractivity contribution is 4.90. The molecule has 0 bridgehead atoms. The van der Waals surface area contributed by atoms with Crippen LogP contribution >= 0.6 is 0 Å². The van der Waals surface area contributed by atoms with Gasteiger partial charge in [0.05, 0.1) is 18.9 Å². The van der Waals surface area contributed by atoms with Crippen LogP contribution in [0.25, 0.3) is 0 Å². The molecule has 2 unspecified atom stereocenters. The molecular weight excluding hydrogens is 330 g/mol. The molecule has 0 aliphatic carbocycles. The van der Waals surface area contributed by atoms with Crippen molar-refractivity contribution in [3.05, 3.63) is 11.9 Å². The molecule has 9 heteroatoms. The van der Waals surface area contributed by atoms with Crippen LogP contribution in [0.1, 0.15) is 45.3 Å². The third kappa shape index (κ3) is 5.70. The van der Waals surface area contributed by atoms with Crippen LogP contribution < -0.4 is 0 Å². The lowest BCUT2D eigenvalue weighted by Crippen LogP contribution is -2.57. The van der Waals surface area contributed by atoms with Gasteiger partial charge in [0.1, 0.15) is 24.0 Å². The molecule has 1 aromatic rings. The molecule has 144 valence electrons. The van der Waals surface area contributed by atoms with Crippen molar-refractivity contribution in [3.63, 3.8) is 0 Å². The highest BCUT2D eigenvalue weighted by atomic mass is 16.7. The summed E-state index contributed by atoms with van der Waals surface area (Å²) in [6.45, 7) is 7.03. The van der Waals surface area contributed by atoms with Crippen LogP contribution in [0.5, 0.6) is 0 Å². The first-order valence-corrected chi connectivity index (χ1v) is 8.70. The molecule has 1 aromatic heterocycles. The second kappa shape index (κ2) is 9.56. The zero-order valence-electron chi connectivity index (χ0n) is 15.0. The van der Waals surface area contributed by atoms with Gasteiger partial charge in [-0.05, 0) is 33.6 Å². The highest BCUT2D eigenvalue weighted by Gasteiger charge is 2.42. The van der Waals surface area contributed by atoms with Gasteiger partial charge in [0, 0.05) is 19.3 Å². The van der Waals surface area contributed by atoms with E-state index in [4.69, 9.17) is 14.2 Å². The molecule has 0 saturated carbocycles. The van der Waals surface area contributed by atoms with Crippen molar-refractivity contribution in [1.29, 1.82) is 0 Å². The standard InChI is InChI=1S/C16H29N3O6/c1-10(2)19-8-12(17-18-19)9-23-6-4-5-7-24-16-15(22)14(21)13(20)11(3)25-16/h8,10-11,13-16,20-22H,4-7,9H2,1-3H3/t11?,13-,14+,15?,16-/m1/s1. The van der Waals surface area contributed by atoms with Crippen molar-refractivity contribution >= 4 is 0 Å². The van der Waals surface area contributed by atoms with Crippen molar-refractivity contribution in [2.75, 3.05) is 13.2 Å². The van der Waals surface area contributed by atoms with Crippen LogP contribution in [-0.2, 0) is 20.8 Å². The topological polar surface area (TPSA) is 119 Å². The first kappa shape index (κ1) is 20.2. The summed E-state index contributed by atoms with van der Waals surface area (Å²) >= 11 is 0. The Morgan fingerprint density at radius 2 is 1.88 bits per heavy atom. The van der Waals surface area contributed by atoms with Gasteiger partial charge < -0.3 is 29.5 Å². The van der Waals surface area contributed by atoms with Crippen LogP contribution in [0.2, 0.25) is 0 Å². The quantitative estimate of drug-likeness (QED) is 0.527. The fraction of sp³-hybridized carbons (Fsp3) is 0.875. The van der Waals surface area contributed by atoms with Crippen LogP contribution in [0.4, 0.5) is 0 Å². The predicted molar refractivity (Wildman–Crippen MR) is 87.6 cm³/mol. The molecule has 2 rings (SSSR count). The summed E-state index contributed by atoms with van der Waals surface area (Å²) in [6.07, 6.45) is -1.79. The Morgan fingerprint density at radius 3 is 2.56 bits per heavy atom. The fourth-order valence-corrected chi connectivity index (χ4v) is 2.47. The SMILES string of the molecule is CC1O[C@@H](OCCCCOCc2cn(C(C)C)nn2)C(O)[C@@H](O)[C@@H]1O. The summed E-state index contributed by atoms with van der Waals surface area (Å²) in [6, 6.07) is 0.276. The van der Waals surface area contributed by atoms with Crippen LogP contribution in [0, 0.1) is 0 Å². The number of ether oxygens (including phenoxy) is 3. The number of aliphatic hydroxyl groups excluding tert-OH is 3. The Kier molecular flexibility index (Phi) is 7.73. The van der Waals surface area contributed by atoms with Crippen LogP contribution in [-0.4, -0.2) is 74.2 Å². The van der Waals surface area contributed by atoms with Gasteiger partial charge in [-0.2, -0.15) is 0 Å². The number of aromatic nitrogens is 3. The van der Waals surface area contributed by atoms with Gasteiger partial charge in [0.15, 0.2) is 6.29 Å². The Labute approximate surface area is 147 Å². The van der Waals surface area contributed by atoms with Gasteiger partial charge in [-0.1, -0.05) is 5.21 Å². The molecule has 5 atom stereocenters. The van der Waals surface area contributed by atoms with E-state index < -0.39 is 30.7 Å². The van der Waals surface area contributed by atoms with E-state index in [2.05, 4.69) is 10.3 Å². The van der Waals surface area contributed by atoms with Crippen molar-refractivity contribution in [3.8, 4) is 0 Å². The largest absolute Gasteiger partial charge is 0.388 e. The zero-order valence-corrected chi connectivity index (χ0v) is 15.0. The van der Waals surface area contributed by atoms with E-state index >= 15 is 0 Å². The van der Waals surface area contributed by atoms with Gasteiger partial charge in [-0.3, -0.25) is 0 Å². The molecule has 1 aliphatic heterocycles. The number of aliphatic hydroxyl groups is 3. The second-order valence-corrected chi connectivity index (χ2v) is 6.60. The maximum Gasteiger partial charge on any atom is 0.186 e. The fourth-order valence-electron chi connectivity index (χ4n) is 2.47. The molecule has 2 heterocycles. The summed E-state index contributed by atoms with van der Waals surface area (Å²) in [5.41, 5.74) is 0.796. The summed E-state index contributed by atoms with van der Waals surface area (Å²) < 4.78 is 18.1. The van der Waals surface area contributed by atoms with Gasteiger partial charge in [0.2, 0.25) is 0 Å². The van der Waals surface area contributed by atoms with E-state index in [0.717, 1.165) is 18.5 Å². The monoisotopic (exact) mass is 359 g/mol. The zero-order chi connectivity index (χ0) is 18.4. The van der Waals surface area contributed by atoms with Crippen molar-refractivity contribution in [2.24, 2.45) is 0 Å². The minimum Gasteiger partial charge on any atom is -0.388 e. The molecule has 1 fully saturated rings. The Hall–Kier alpha value is -1.10. The number of hydrogen-bond acceptors (Lipinski definition) is 8. The van der Waals surface area contributed by atoms with Gasteiger partial charge in [-0.15, -0.1) is 5.10 Å². The van der Waals surface area contributed by atoms with E-state index in [9.17, 15) is 15.3 Å². The van der Waals surface area contributed by atoms with E-state index in [0.29, 0.717) is 19.8 Å². The normalized spacial score (nSPS) is 30.1. The Balaban J connectivity index is 1.56. The summed E-state index contributed by atoms with van der Waals surface area (Å²) in [7, 11) is 0. The average Bonchev–Trinajstić information content (AvgIpc) is 3.05. The first-order chi connectivity index (χ1) is 11.9. The molecule has 0 aromatic carbocycles. The lowest BCUT2D eigenvalue weighted by molar-refractivity contribution is -0.293. The van der Waals surface area contributed by atoms with Crippen LogP contribution in [0.3, 0.4) is 0 Å². The molecule has 1 aliphatic rings. The number of nitrogens with zero attached hydrogens (tertiary/aromatic N) is 3. The molecule has 0 amide bonds. The molecule has 9 nitrogen and oxygen atoms in total. The lowest BCUT2D eigenvalue weighted by Gasteiger charge is -2.38. The smallest absolute Gasteiger partial charge is 0.186 e. The predicted octanol–water partition coefficient (Wildman–Crippen LogP) is -0.0001000. The summed E-state index contributed by atoms with van der Waals surface area (Å²) in [5, 5.41) is 37.2. The van der Waals surface area contributed by atoms with Gasteiger partial charge in [0.25, 0.3) is 0 Å². The van der Waals surface area contributed by atoms with Gasteiger partial charge >= 0.3 is 0 Å². The van der Waals surface area contributed by atoms with Crippen molar-refractivity contribution in [1.82, 2.24) is 15.0 Å². The molecule has 1 saturated heterocycles. The number of hydrogen-bond donors (Lipinski definition) is 3. The molecule has 25 heavy (non-hydrogen) atoms. The summed E-state index contributed by atoms with van der Waals surface area (Å²) in [5.74, 6) is 0. The Morgan fingerprint density at radius 1 is 1.16 bits per heavy atom. The first-order valence-electron chi connectivity index (χ1n) is 8.70. The third-order valence-corrected chi connectivity index (χ3v) is 4.11. The van der Waals surface area contributed by atoms with Crippen molar-refractivity contribution < 1.29 is 29.5 Å². The number of rotatable bonds is 9. The number of unbranched alkanes of at least 4 members (excludes halogenated alkanes) is 1. The van der Waals surface area contributed by atoms with Crippen molar-refractivity contribution in [2.45, 2.75) is 77.0 Å². The minimum atomic E-state index is -1.27. The maximum absolute atomic E-state index is 9.83. The average molecular weight is 359 g/mol. The summed E-state index contributed by atoms with van der Waals surface area (Å²) in [4.78, 5) is 0. The molecule has 0 spiro atoms. The van der Waals surface area contributed by atoms with E-state index in [-0.39, 0.29) is 6.04 Å². The second-order valence-electron chi connectivity index (χ2n) is 6.60. The Bertz CT molecular complexity index is 512. The molecular formula is C16H29N3O6. The maximum atomic E-state index is 9.83. The van der Waals surface area contributed by atoms with E-state index in [1.54, 1.807) is 11.6 Å². The minimum absolute atomic E-state index is 0.276. The van der Waals surface area contributed by atoms with E-state index in [1.165, 1.54) is 0 Å². The lowest BCUT2D eigenvalue weighted by atomic mass is 10.0. The highest BCUT2D eigenvalue weighted by Crippen LogP contribution is 2.21.